The summed E-state index contributed by atoms with van der Waals surface area (Å²) in [6, 6.07) is 51.9. The average Bonchev–Trinajstić information content (AvgIpc) is 3.61. The van der Waals surface area contributed by atoms with E-state index in [1.807, 2.05) is 0 Å². The van der Waals surface area contributed by atoms with Gasteiger partial charge < -0.3 is 4.90 Å². The fraction of sp³-hybridized carbons (Fsp3) is 0.208. The van der Waals surface area contributed by atoms with E-state index in [0.29, 0.717) is 0 Å². The number of anilines is 3. The SMILES string of the molecule is CCC1(CC)c2ccccc2-c2ccc(/C=C/c3ccc4c(c3)C(CC)(CC)c3cc(N(c5ccccc5)c5ccccc5)ccc3-4)cc21. The Hall–Kier alpha value is -5.14. The van der Waals surface area contributed by atoms with Crippen LogP contribution in [0.25, 0.3) is 34.4 Å². The molecular formula is C48H45N. The Balaban J connectivity index is 1.17. The molecule has 0 aliphatic heterocycles. The highest BCUT2D eigenvalue weighted by Gasteiger charge is 2.42. The maximum absolute atomic E-state index is 2.47. The van der Waals surface area contributed by atoms with Gasteiger partial charge in [0.1, 0.15) is 0 Å². The Morgan fingerprint density at radius 2 is 0.796 bits per heavy atom. The first-order chi connectivity index (χ1) is 24.1. The number of hydrogen-bond donors (Lipinski definition) is 0. The molecule has 6 aromatic rings. The normalized spacial score (nSPS) is 14.7. The fourth-order valence-corrected chi connectivity index (χ4v) is 9.14. The minimum absolute atomic E-state index is 0.0369. The zero-order valence-corrected chi connectivity index (χ0v) is 29.2. The molecule has 2 aliphatic carbocycles. The average molecular weight is 636 g/mol. The van der Waals surface area contributed by atoms with Crippen LogP contribution in [0, 0.1) is 0 Å². The van der Waals surface area contributed by atoms with Gasteiger partial charge in [0.15, 0.2) is 0 Å². The highest BCUT2D eigenvalue weighted by atomic mass is 15.1. The van der Waals surface area contributed by atoms with E-state index in [2.05, 4.69) is 184 Å². The largest absolute Gasteiger partial charge is 0.310 e. The lowest BCUT2D eigenvalue weighted by atomic mass is 9.73. The molecule has 8 rings (SSSR count). The molecule has 49 heavy (non-hydrogen) atoms. The van der Waals surface area contributed by atoms with Crippen LogP contribution in [0.15, 0.2) is 140 Å². The van der Waals surface area contributed by atoms with Crippen molar-refractivity contribution in [3.05, 3.63) is 173 Å². The van der Waals surface area contributed by atoms with Crippen LogP contribution in [0.1, 0.15) is 86.8 Å². The summed E-state index contributed by atoms with van der Waals surface area (Å²) < 4.78 is 0. The monoisotopic (exact) mass is 635 g/mol. The summed E-state index contributed by atoms with van der Waals surface area (Å²) in [5.41, 5.74) is 17.5. The smallest absolute Gasteiger partial charge is 0.0465 e. The molecule has 0 N–H and O–H groups in total. The molecule has 6 aromatic carbocycles. The number of hydrogen-bond acceptors (Lipinski definition) is 1. The first-order valence-corrected chi connectivity index (χ1v) is 18.2. The molecule has 0 heterocycles. The maximum atomic E-state index is 2.47. The number of benzene rings is 6. The second-order valence-electron chi connectivity index (χ2n) is 13.8. The molecule has 0 fully saturated rings. The molecule has 1 heteroatoms. The summed E-state index contributed by atoms with van der Waals surface area (Å²) in [6.45, 7) is 9.41. The van der Waals surface area contributed by atoms with Gasteiger partial charge in [-0.2, -0.15) is 0 Å². The standard InChI is InChI=1S/C48H45N/c1-5-47(6-2)43-22-16-15-21-39(43)40-28-25-34(31-44(40)47)23-24-35-26-29-41-42-30-27-38(33-46(42)48(7-3,8-4)45(41)32-35)49(36-17-11-9-12-18-36)37-19-13-10-14-20-37/h9-33H,5-8H2,1-4H3/b24-23+. The highest BCUT2D eigenvalue weighted by Crippen LogP contribution is 2.55. The summed E-state index contributed by atoms with van der Waals surface area (Å²) in [4.78, 5) is 2.38. The van der Waals surface area contributed by atoms with Crippen LogP contribution in [-0.2, 0) is 10.8 Å². The van der Waals surface area contributed by atoms with E-state index in [0.717, 1.165) is 25.7 Å². The minimum atomic E-state index is -0.0369. The van der Waals surface area contributed by atoms with E-state index < -0.39 is 0 Å². The van der Waals surface area contributed by atoms with Gasteiger partial charge >= 0.3 is 0 Å². The van der Waals surface area contributed by atoms with Crippen LogP contribution in [0.3, 0.4) is 0 Å². The van der Waals surface area contributed by atoms with Crippen molar-refractivity contribution in [2.45, 2.75) is 64.2 Å². The zero-order chi connectivity index (χ0) is 33.6. The number of rotatable bonds is 9. The van der Waals surface area contributed by atoms with Crippen molar-refractivity contribution in [3.63, 3.8) is 0 Å². The van der Waals surface area contributed by atoms with Gasteiger partial charge in [-0.3, -0.25) is 0 Å². The van der Waals surface area contributed by atoms with Gasteiger partial charge in [-0.05, 0) is 118 Å². The summed E-state index contributed by atoms with van der Waals surface area (Å²) in [7, 11) is 0. The van der Waals surface area contributed by atoms with Gasteiger partial charge in [-0.1, -0.05) is 143 Å². The van der Waals surface area contributed by atoms with Crippen LogP contribution >= 0.6 is 0 Å². The molecule has 0 bridgehead atoms. The predicted molar refractivity (Wildman–Crippen MR) is 210 cm³/mol. The first-order valence-electron chi connectivity index (χ1n) is 18.2. The van der Waals surface area contributed by atoms with Crippen molar-refractivity contribution in [3.8, 4) is 22.3 Å². The molecule has 0 radical (unpaired) electrons. The molecule has 0 spiro atoms. The van der Waals surface area contributed by atoms with E-state index in [9.17, 15) is 0 Å². The molecular weight excluding hydrogens is 591 g/mol. The molecule has 0 unspecified atom stereocenters. The molecule has 2 aliphatic rings. The predicted octanol–water partition coefficient (Wildman–Crippen LogP) is 13.5. The van der Waals surface area contributed by atoms with E-state index in [1.54, 1.807) is 0 Å². The van der Waals surface area contributed by atoms with Crippen molar-refractivity contribution in [2.75, 3.05) is 4.90 Å². The second kappa shape index (κ2) is 12.4. The number of para-hydroxylation sites is 2. The summed E-state index contributed by atoms with van der Waals surface area (Å²) in [6.07, 6.45) is 8.96. The lowest BCUT2D eigenvalue weighted by molar-refractivity contribution is 0.490. The molecule has 0 aromatic heterocycles. The van der Waals surface area contributed by atoms with Gasteiger partial charge in [0.25, 0.3) is 0 Å². The van der Waals surface area contributed by atoms with E-state index >= 15 is 0 Å². The van der Waals surface area contributed by atoms with Crippen LogP contribution in [-0.4, -0.2) is 0 Å². The Labute approximate surface area is 292 Å². The zero-order valence-electron chi connectivity index (χ0n) is 29.2. The molecule has 0 amide bonds. The third-order valence-corrected chi connectivity index (χ3v) is 11.8. The maximum Gasteiger partial charge on any atom is 0.0465 e. The third kappa shape index (κ3) is 4.82. The molecule has 0 atom stereocenters. The van der Waals surface area contributed by atoms with Crippen LogP contribution in [0.2, 0.25) is 0 Å². The second-order valence-corrected chi connectivity index (χ2v) is 13.8. The van der Waals surface area contributed by atoms with E-state index in [-0.39, 0.29) is 10.8 Å². The van der Waals surface area contributed by atoms with Crippen molar-refractivity contribution in [1.29, 1.82) is 0 Å². The quantitative estimate of drug-likeness (QED) is 0.143. The Morgan fingerprint density at radius 1 is 0.388 bits per heavy atom. The lowest BCUT2D eigenvalue weighted by Gasteiger charge is -2.32. The highest BCUT2D eigenvalue weighted by molar-refractivity contribution is 5.88. The summed E-state index contributed by atoms with van der Waals surface area (Å²) >= 11 is 0. The minimum Gasteiger partial charge on any atom is -0.310 e. The topological polar surface area (TPSA) is 3.24 Å². The van der Waals surface area contributed by atoms with Gasteiger partial charge in [0, 0.05) is 27.9 Å². The van der Waals surface area contributed by atoms with Crippen molar-refractivity contribution in [1.82, 2.24) is 0 Å². The molecule has 0 saturated carbocycles. The lowest BCUT2D eigenvalue weighted by Crippen LogP contribution is -2.23. The van der Waals surface area contributed by atoms with Crippen molar-refractivity contribution in [2.24, 2.45) is 0 Å². The molecule has 242 valence electrons. The number of fused-ring (bicyclic) bond motifs is 6. The fourth-order valence-electron chi connectivity index (χ4n) is 9.14. The third-order valence-electron chi connectivity index (χ3n) is 11.8. The van der Waals surface area contributed by atoms with Crippen molar-refractivity contribution >= 4 is 29.2 Å². The summed E-state index contributed by atoms with van der Waals surface area (Å²) in [5, 5.41) is 0. The van der Waals surface area contributed by atoms with E-state index in [4.69, 9.17) is 0 Å². The van der Waals surface area contributed by atoms with Crippen LogP contribution in [0.4, 0.5) is 17.1 Å². The Bertz CT molecular complexity index is 2120. The van der Waals surface area contributed by atoms with Gasteiger partial charge in [0.2, 0.25) is 0 Å². The van der Waals surface area contributed by atoms with Crippen LogP contribution < -0.4 is 4.90 Å². The van der Waals surface area contributed by atoms with Gasteiger partial charge in [-0.15, -0.1) is 0 Å². The van der Waals surface area contributed by atoms with Gasteiger partial charge in [-0.25, -0.2) is 0 Å². The number of nitrogens with zero attached hydrogens (tertiary/aromatic N) is 1. The molecule has 0 saturated heterocycles. The first kappa shape index (κ1) is 31.1. The van der Waals surface area contributed by atoms with Gasteiger partial charge in [0.05, 0.1) is 0 Å². The van der Waals surface area contributed by atoms with Crippen LogP contribution in [0.5, 0.6) is 0 Å². The molecule has 1 nitrogen and oxygen atoms in total. The van der Waals surface area contributed by atoms with Crippen molar-refractivity contribution < 1.29 is 0 Å². The Kier molecular flexibility index (Phi) is 7.87. The van der Waals surface area contributed by atoms with E-state index in [1.165, 1.54) is 72.7 Å². The Morgan fingerprint density at radius 3 is 1.31 bits per heavy atom. The summed E-state index contributed by atoms with van der Waals surface area (Å²) in [5.74, 6) is 0.